The lowest BCUT2D eigenvalue weighted by Crippen LogP contribution is -2.38. The van der Waals surface area contributed by atoms with E-state index < -0.39 is 6.04 Å². The van der Waals surface area contributed by atoms with Gasteiger partial charge in [0.2, 0.25) is 5.88 Å². The maximum atomic E-state index is 14.6. The molecular formula is C46H63Cl2N5O4. The number of unbranched alkanes of at least 4 members (excludes halogenated alkanes) is 6. The number of halogens is 2. The molecule has 0 N–H and O–H groups in total. The lowest BCUT2D eigenvalue weighted by Gasteiger charge is -2.45. The number of rotatable bonds is 21. The number of ether oxygens (including phenoxy) is 3. The highest BCUT2D eigenvalue weighted by Crippen LogP contribution is 2.48. The van der Waals surface area contributed by atoms with Gasteiger partial charge in [-0.1, -0.05) is 121 Å². The van der Waals surface area contributed by atoms with Crippen LogP contribution in [0.2, 0.25) is 10.0 Å². The van der Waals surface area contributed by atoms with Crippen molar-refractivity contribution in [3.05, 3.63) is 81.2 Å². The quantitative estimate of drug-likeness (QED) is 0.0773. The summed E-state index contributed by atoms with van der Waals surface area (Å²) >= 11 is 12.9. The molecule has 57 heavy (non-hydrogen) atoms. The Morgan fingerprint density at radius 2 is 1.40 bits per heavy atom. The Kier molecular flexibility index (Phi) is 15.5. The molecule has 9 nitrogen and oxygen atoms in total. The van der Waals surface area contributed by atoms with Gasteiger partial charge in [-0.15, -0.1) is 0 Å². The molecule has 2 atom stereocenters. The summed E-state index contributed by atoms with van der Waals surface area (Å²) in [5, 5.41) is 1.14. The Morgan fingerprint density at radius 1 is 0.789 bits per heavy atom. The smallest absolute Gasteiger partial charge is 0.319 e. The number of aryl methyl sites for hydroxylation is 1. The standard InChI is InChI=1S/C46H63Cl2N5O4/c1-29(2)46(30(3)4,31(5)6)24-16-14-12-11-13-15-17-25-57-28-33(8)52-41-39(50-42(52)37-27-49-45(56-10)51-43(37)55-9)44(54)53(38-26-36(48)21-18-32(38)7)40(41)34-19-22-35(47)23-20-34/h18-23,26-27,29-31,33,40H,11-17,24-25,28H2,1-10H3/t33-,40?/m1/s1. The van der Waals surface area contributed by atoms with Gasteiger partial charge in [-0.3, -0.25) is 9.69 Å². The van der Waals surface area contributed by atoms with Crippen molar-refractivity contribution in [3.8, 4) is 23.3 Å². The van der Waals surface area contributed by atoms with E-state index in [9.17, 15) is 4.79 Å². The van der Waals surface area contributed by atoms with Crippen LogP contribution in [0.4, 0.5) is 5.69 Å². The van der Waals surface area contributed by atoms with Gasteiger partial charge in [-0.05, 0) is 85.3 Å². The second kappa shape index (κ2) is 19.9. The van der Waals surface area contributed by atoms with Crippen molar-refractivity contribution in [3.63, 3.8) is 0 Å². The highest BCUT2D eigenvalue weighted by atomic mass is 35.5. The summed E-state index contributed by atoms with van der Waals surface area (Å²) in [6, 6.07) is 12.6. The third kappa shape index (κ3) is 9.63. The Bertz CT molecular complexity index is 1920. The summed E-state index contributed by atoms with van der Waals surface area (Å²) in [7, 11) is 3.05. The first kappa shape index (κ1) is 44.4. The van der Waals surface area contributed by atoms with Crippen molar-refractivity contribution in [2.45, 2.75) is 119 Å². The fraction of sp³-hybridized carbons (Fsp3) is 0.565. The van der Waals surface area contributed by atoms with Crippen LogP contribution in [0.3, 0.4) is 0 Å². The number of hydrogen-bond donors (Lipinski definition) is 0. The van der Waals surface area contributed by atoms with Gasteiger partial charge in [0.1, 0.15) is 11.9 Å². The molecule has 3 heterocycles. The van der Waals surface area contributed by atoms with Crippen LogP contribution in [0.1, 0.15) is 139 Å². The predicted octanol–water partition coefficient (Wildman–Crippen LogP) is 12.4. The molecule has 11 heteroatoms. The molecule has 0 saturated heterocycles. The van der Waals surface area contributed by atoms with Crippen LogP contribution in [0.25, 0.3) is 11.4 Å². The van der Waals surface area contributed by atoms with Crippen LogP contribution in [-0.2, 0) is 4.74 Å². The van der Waals surface area contributed by atoms with E-state index in [2.05, 4.69) is 63.0 Å². The van der Waals surface area contributed by atoms with Crippen LogP contribution >= 0.6 is 23.2 Å². The fourth-order valence-corrected chi connectivity index (χ4v) is 9.66. The summed E-state index contributed by atoms with van der Waals surface area (Å²) in [5.74, 6) is 2.65. The number of carbonyl (C=O) groups excluding carboxylic acids is 1. The number of amides is 1. The van der Waals surface area contributed by atoms with E-state index in [1.807, 2.05) is 49.4 Å². The minimum atomic E-state index is -0.534. The third-order valence-electron chi connectivity index (χ3n) is 12.3. The van der Waals surface area contributed by atoms with Crippen LogP contribution in [0, 0.1) is 30.1 Å². The molecular weight excluding hydrogens is 757 g/mol. The average molecular weight is 821 g/mol. The zero-order valence-corrected chi connectivity index (χ0v) is 37.2. The van der Waals surface area contributed by atoms with Crippen molar-refractivity contribution < 1.29 is 19.0 Å². The molecule has 2 aromatic heterocycles. The molecule has 1 aliphatic rings. The fourth-order valence-electron chi connectivity index (χ4n) is 9.37. The summed E-state index contributed by atoms with van der Waals surface area (Å²) in [5.41, 5.74) is 4.52. The Labute approximate surface area is 350 Å². The van der Waals surface area contributed by atoms with Crippen molar-refractivity contribution in [2.24, 2.45) is 23.2 Å². The Morgan fingerprint density at radius 3 is 2.02 bits per heavy atom. The zero-order chi connectivity index (χ0) is 41.4. The van der Waals surface area contributed by atoms with E-state index in [1.54, 1.807) is 18.2 Å². The number of carbonyl (C=O) groups is 1. The number of aromatic nitrogens is 4. The highest BCUT2D eigenvalue weighted by Gasteiger charge is 2.46. The van der Waals surface area contributed by atoms with E-state index in [1.165, 1.54) is 45.6 Å². The largest absolute Gasteiger partial charge is 0.480 e. The predicted molar refractivity (Wildman–Crippen MR) is 232 cm³/mol. The van der Waals surface area contributed by atoms with Gasteiger partial charge in [0, 0.05) is 28.5 Å². The second-order valence-electron chi connectivity index (χ2n) is 16.6. The molecule has 1 unspecified atom stereocenters. The first-order valence-electron chi connectivity index (χ1n) is 20.8. The first-order valence-corrected chi connectivity index (χ1v) is 21.5. The minimum absolute atomic E-state index is 0.167. The highest BCUT2D eigenvalue weighted by molar-refractivity contribution is 6.31. The Balaban J connectivity index is 1.33. The van der Waals surface area contributed by atoms with Crippen molar-refractivity contribution in [1.82, 2.24) is 19.5 Å². The number of benzene rings is 2. The molecule has 0 bridgehead atoms. The summed E-state index contributed by atoms with van der Waals surface area (Å²) in [4.78, 5) is 30.3. The normalized spacial score (nSPS) is 15.0. The first-order chi connectivity index (χ1) is 27.3. The lowest BCUT2D eigenvalue weighted by atomic mass is 9.60. The molecule has 1 amide bonds. The monoisotopic (exact) mass is 819 g/mol. The molecule has 0 fully saturated rings. The number of nitrogens with zero attached hydrogens (tertiary/aromatic N) is 5. The van der Waals surface area contributed by atoms with Crippen molar-refractivity contribution in [2.75, 3.05) is 32.3 Å². The van der Waals surface area contributed by atoms with Gasteiger partial charge in [0.25, 0.3) is 5.91 Å². The SMILES string of the molecule is COc1ncc(-c2nc3c(n2[C@H](C)COCCCCCCCCCC(C(C)C)(C(C)C)C(C)C)C(c2ccc(Cl)cc2)N(c2cc(Cl)ccc2C)C3=O)c(OC)n1. The van der Waals surface area contributed by atoms with Crippen molar-refractivity contribution >= 4 is 34.8 Å². The van der Waals surface area contributed by atoms with E-state index in [4.69, 9.17) is 42.4 Å². The van der Waals surface area contributed by atoms with Gasteiger partial charge in [0.05, 0.1) is 38.1 Å². The molecule has 1 aliphatic heterocycles. The summed E-state index contributed by atoms with van der Waals surface area (Å²) in [6.07, 6.45) is 11.4. The average Bonchev–Trinajstić information content (AvgIpc) is 3.70. The minimum Gasteiger partial charge on any atom is -0.480 e. The molecule has 0 aliphatic carbocycles. The van der Waals surface area contributed by atoms with Gasteiger partial charge < -0.3 is 18.8 Å². The van der Waals surface area contributed by atoms with Crippen LogP contribution in [0.15, 0.2) is 48.7 Å². The van der Waals surface area contributed by atoms with E-state index in [0.717, 1.165) is 29.7 Å². The number of imidazole rings is 1. The van der Waals surface area contributed by atoms with Gasteiger partial charge in [-0.25, -0.2) is 9.97 Å². The number of hydrogen-bond acceptors (Lipinski definition) is 7. The van der Waals surface area contributed by atoms with Crippen LogP contribution < -0.4 is 14.4 Å². The Hall–Kier alpha value is -3.66. The maximum absolute atomic E-state index is 14.6. The molecule has 0 radical (unpaired) electrons. The molecule has 4 aromatic rings. The van der Waals surface area contributed by atoms with Crippen LogP contribution in [-0.4, -0.2) is 52.9 Å². The molecule has 310 valence electrons. The maximum Gasteiger partial charge on any atom is 0.319 e. The molecule has 0 saturated carbocycles. The topological polar surface area (TPSA) is 91.6 Å². The lowest BCUT2D eigenvalue weighted by molar-refractivity contribution is 0.0356. The number of fused-ring (bicyclic) bond motifs is 1. The zero-order valence-electron chi connectivity index (χ0n) is 35.7. The van der Waals surface area contributed by atoms with Crippen molar-refractivity contribution in [1.29, 1.82) is 0 Å². The third-order valence-corrected chi connectivity index (χ3v) is 12.8. The number of methoxy groups -OCH3 is 2. The van der Waals surface area contributed by atoms with Gasteiger partial charge in [-0.2, -0.15) is 4.98 Å². The number of anilines is 1. The molecule has 2 aromatic carbocycles. The van der Waals surface area contributed by atoms with Gasteiger partial charge >= 0.3 is 6.01 Å². The second-order valence-corrected chi connectivity index (χ2v) is 17.5. The van der Waals surface area contributed by atoms with Crippen LogP contribution in [0.5, 0.6) is 11.9 Å². The molecule has 5 rings (SSSR count). The van der Waals surface area contributed by atoms with E-state index in [0.29, 0.717) is 69.2 Å². The van der Waals surface area contributed by atoms with E-state index in [-0.39, 0.29) is 23.8 Å². The molecule has 0 spiro atoms. The van der Waals surface area contributed by atoms with E-state index >= 15 is 0 Å². The summed E-state index contributed by atoms with van der Waals surface area (Å²) in [6.45, 7) is 19.6. The van der Waals surface area contributed by atoms with Gasteiger partial charge in [0.15, 0.2) is 5.69 Å². The summed E-state index contributed by atoms with van der Waals surface area (Å²) < 4.78 is 19.5.